The van der Waals surface area contributed by atoms with Crippen LogP contribution in [0.1, 0.15) is 39.1 Å². The number of aryl methyl sites for hydroxylation is 1. The second-order valence-electron chi connectivity index (χ2n) is 7.26. The lowest BCUT2D eigenvalue weighted by Gasteiger charge is -2.25. The monoisotopic (exact) mass is 418 g/mol. The highest BCUT2D eigenvalue weighted by atomic mass is 16.7. The van der Waals surface area contributed by atoms with Gasteiger partial charge in [-0.15, -0.1) is 0 Å². The predicted molar refractivity (Wildman–Crippen MR) is 114 cm³/mol. The van der Waals surface area contributed by atoms with Crippen LogP contribution in [0, 0.1) is 6.92 Å². The van der Waals surface area contributed by atoms with E-state index in [9.17, 15) is 9.59 Å². The quantitative estimate of drug-likeness (QED) is 0.294. The molecule has 1 saturated heterocycles. The van der Waals surface area contributed by atoms with Gasteiger partial charge in [-0.2, -0.15) is 15.0 Å². The maximum absolute atomic E-state index is 13.4. The molecule has 3 aromatic rings. The van der Waals surface area contributed by atoms with Gasteiger partial charge in [-0.1, -0.05) is 35.0 Å². The Hall–Kier alpha value is -4.01. The third-order valence-corrected chi connectivity index (χ3v) is 5.12. The first-order valence-corrected chi connectivity index (χ1v) is 9.92. The Morgan fingerprint density at radius 3 is 2.61 bits per heavy atom. The van der Waals surface area contributed by atoms with Crippen LogP contribution >= 0.6 is 0 Å². The summed E-state index contributed by atoms with van der Waals surface area (Å²) in [5, 5.41) is 12.1. The number of hydrogen-bond donors (Lipinski definition) is 1. The van der Waals surface area contributed by atoms with E-state index in [0.717, 1.165) is 12.0 Å². The SMILES string of the molecule is Cc1ccc(-n2nccn2)c(C(=O)N2CCC[C@H]2C(N)=NOC(=O)c2ccccc2)c1. The molecule has 1 aromatic heterocycles. The zero-order valence-electron chi connectivity index (χ0n) is 17.0. The van der Waals surface area contributed by atoms with E-state index in [2.05, 4.69) is 15.4 Å². The molecule has 1 atom stereocenters. The van der Waals surface area contributed by atoms with Crippen molar-refractivity contribution in [2.45, 2.75) is 25.8 Å². The fraction of sp³-hybridized carbons (Fsp3) is 0.227. The summed E-state index contributed by atoms with van der Waals surface area (Å²) in [6, 6.07) is 13.6. The van der Waals surface area contributed by atoms with Gasteiger partial charge in [-0.3, -0.25) is 4.79 Å². The van der Waals surface area contributed by atoms with Gasteiger partial charge in [0.2, 0.25) is 0 Å². The Kier molecular flexibility index (Phi) is 5.74. The summed E-state index contributed by atoms with van der Waals surface area (Å²) >= 11 is 0. The van der Waals surface area contributed by atoms with Crippen LogP contribution < -0.4 is 5.73 Å². The van der Waals surface area contributed by atoms with Crippen molar-refractivity contribution in [3.05, 3.63) is 77.6 Å². The van der Waals surface area contributed by atoms with E-state index in [4.69, 9.17) is 10.6 Å². The second kappa shape index (κ2) is 8.78. The predicted octanol–water partition coefficient (Wildman–Crippen LogP) is 2.31. The number of nitrogens with zero attached hydrogens (tertiary/aromatic N) is 5. The van der Waals surface area contributed by atoms with Crippen LogP contribution in [0.3, 0.4) is 0 Å². The first kappa shape index (κ1) is 20.3. The van der Waals surface area contributed by atoms with E-state index in [1.807, 2.05) is 19.1 Å². The minimum absolute atomic E-state index is 0.0848. The normalized spacial score (nSPS) is 16.4. The van der Waals surface area contributed by atoms with Gasteiger partial charge in [0.05, 0.1) is 35.2 Å². The Labute approximate surface area is 179 Å². The summed E-state index contributed by atoms with van der Waals surface area (Å²) in [7, 11) is 0. The largest absolute Gasteiger partial charge is 0.383 e. The lowest BCUT2D eigenvalue weighted by Crippen LogP contribution is -2.44. The standard InChI is InChI=1S/C22H22N6O3/c1-15-9-10-18(28-24-11-12-25-28)17(14-15)21(29)27-13-5-8-19(27)20(23)26-31-22(30)16-6-3-2-4-7-16/h2-4,6-7,9-12,14,19H,5,8,13H2,1H3,(H2,23,26)/t19-/m0/s1. The van der Waals surface area contributed by atoms with E-state index in [1.165, 1.54) is 4.80 Å². The summed E-state index contributed by atoms with van der Waals surface area (Å²) in [5.41, 5.74) is 8.48. The number of rotatable bonds is 5. The van der Waals surface area contributed by atoms with Gasteiger partial charge in [-0.25, -0.2) is 4.79 Å². The molecule has 1 aliphatic rings. The summed E-state index contributed by atoms with van der Waals surface area (Å²) in [6.07, 6.45) is 4.50. The van der Waals surface area contributed by atoms with E-state index in [0.29, 0.717) is 29.8 Å². The number of amidine groups is 1. The van der Waals surface area contributed by atoms with E-state index in [1.54, 1.807) is 53.7 Å². The summed E-state index contributed by atoms with van der Waals surface area (Å²) in [6.45, 7) is 2.43. The minimum Gasteiger partial charge on any atom is -0.383 e. The number of amides is 1. The first-order chi connectivity index (χ1) is 15.0. The third-order valence-electron chi connectivity index (χ3n) is 5.12. The number of oxime groups is 1. The molecular formula is C22H22N6O3. The average Bonchev–Trinajstić information content (AvgIpc) is 3.49. The van der Waals surface area contributed by atoms with Crippen molar-refractivity contribution < 1.29 is 14.4 Å². The Bertz CT molecular complexity index is 1110. The lowest BCUT2D eigenvalue weighted by atomic mass is 10.1. The van der Waals surface area contributed by atoms with Crippen LogP contribution in [-0.4, -0.2) is 50.2 Å². The Morgan fingerprint density at radius 2 is 1.87 bits per heavy atom. The van der Waals surface area contributed by atoms with Crippen molar-refractivity contribution in [1.29, 1.82) is 0 Å². The minimum atomic E-state index is -0.606. The smallest absolute Gasteiger partial charge is 0.365 e. The molecule has 9 nitrogen and oxygen atoms in total. The molecule has 0 spiro atoms. The van der Waals surface area contributed by atoms with Crippen molar-refractivity contribution >= 4 is 17.7 Å². The number of carbonyl (C=O) groups excluding carboxylic acids is 2. The molecule has 1 fully saturated rings. The zero-order valence-corrected chi connectivity index (χ0v) is 17.0. The van der Waals surface area contributed by atoms with Crippen LogP contribution in [0.4, 0.5) is 0 Å². The summed E-state index contributed by atoms with van der Waals surface area (Å²) in [4.78, 5) is 33.6. The number of likely N-dealkylation sites (tertiary alicyclic amines) is 1. The van der Waals surface area contributed by atoms with Crippen LogP contribution in [0.5, 0.6) is 0 Å². The molecule has 1 amide bonds. The van der Waals surface area contributed by atoms with Crippen LogP contribution in [0.15, 0.2) is 66.1 Å². The van der Waals surface area contributed by atoms with Gasteiger partial charge in [0.1, 0.15) is 0 Å². The highest BCUT2D eigenvalue weighted by molar-refractivity contribution is 6.01. The molecule has 2 aromatic carbocycles. The van der Waals surface area contributed by atoms with Gasteiger partial charge >= 0.3 is 5.97 Å². The number of aromatic nitrogens is 3. The van der Waals surface area contributed by atoms with Crippen LogP contribution in [0.25, 0.3) is 5.69 Å². The third kappa shape index (κ3) is 4.30. The lowest BCUT2D eigenvalue weighted by molar-refractivity contribution is 0.0512. The van der Waals surface area contributed by atoms with E-state index >= 15 is 0 Å². The maximum Gasteiger partial charge on any atom is 0.365 e. The molecule has 2 heterocycles. The molecule has 4 rings (SSSR count). The van der Waals surface area contributed by atoms with Crippen LogP contribution in [0.2, 0.25) is 0 Å². The number of benzene rings is 2. The number of hydrogen-bond acceptors (Lipinski definition) is 6. The molecule has 0 bridgehead atoms. The van der Waals surface area contributed by atoms with E-state index < -0.39 is 12.0 Å². The van der Waals surface area contributed by atoms with Crippen molar-refractivity contribution in [2.24, 2.45) is 10.9 Å². The van der Waals surface area contributed by atoms with Crippen molar-refractivity contribution in [1.82, 2.24) is 19.9 Å². The molecule has 1 aliphatic heterocycles. The van der Waals surface area contributed by atoms with E-state index in [-0.39, 0.29) is 11.7 Å². The molecule has 2 N–H and O–H groups in total. The zero-order chi connectivity index (χ0) is 21.8. The van der Waals surface area contributed by atoms with Gasteiger partial charge in [0, 0.05) is 6.54 Å². The molecule has 0 saturated carbocycles. The average molecular weight is 418 g/mol. The Morgan fingerprint density at radius 1 is 1.13 bits per heavy atom. The number of nitrogens with two attached hydrogens (primary N) is 1. The molecule has 31 heavy (non-hydrogen) atoms. The maximum atomic E-state index is 13.4. The highest BCUT2D eigenvalue weighted by Gasteiger charge is 2.34. The summed E-state index contributed by atoms with van der Waals surface area (Å²) < 4.78 is 0. The van der Waals surface area contributed by atoms with Gasteiger partial charge < -0.3 is 15.5 Å². The molecule has 0 radical (unpaired) electrons. The molecular weight excluding hydrogens is 396 g/mol. The fourth-order valence-electron chi connectivity index (χ4n) is 3.59. The topological polar surface area (TPSA) is 116 Å². The molecule has 0 unspecified atom stereocenters. The first-order valence-electron chi connectivity index (χ1n) is 9.92. The summed E-state index contributed by atoms with van der Waals surface area (Å²) in [5.74, 6) is -0.724. The fourth-order valence-corrected chi connectivity index (χ4v) is 3.59. The highest BCUT2D eigenvalue weighted by Crippen LogP contribution is 2.24. The number of carbonyl (C=O) groups is 2. The molecule has 0 aliphatic carbocycles. The van der Waals surface area contributed by atoms with Crippen LogP contribution in [-0.2, 0) is 4.84 Å². The second-order valence-corrected chi connectivity index (χ2v) is 7.26. The van der Waals surface area contributed by atoms with Gasteiger partial charge in [0.25, 0.3) is 5.91 Å². The van der Waals surface area contributed by atoms with Crippen molar-refractivity contribution in [3.8, 4) is 5.69 Å². The molecule has 158 valence electrons. The van der Waals surface area contributed by atoms with Gasteiger partial charge in [-0.05, 0) is 44.0 Å². The Balaban J connectivity index is 1.55. The van der Waals surface area contributed by atoms with Crippen molar-refractivity contribution in [2.75, 3.05) is 6.54 Å². The molecule has 9 heteroatoms. The van der Waals surface area contributed by atoms with Crippen molar-refractivity contribution in [3.63, 3.8) is 0 Å². The van der Waals surface area contributed by atoms with Gasteiger partial charge in [0.15, 0.2) is 5.84 Å².